The number of ether oxygens (including phenoxy) is 1. The fourth-order valence-electron chi connectivity index (χ4n) is 3.15. The number of H-pyrrole nitrogens is 1. The molecule has 2 amide bonds. The highest BCUT2D eigenvalue weighted by Crippen LogP contribution is 2.37. The number of carbonyl (C=O) groups is 2. The van der Waals surface area contributed by atoms with Crippen molar-refractivity contribution in [3.8, 4) is 17.0 Å². The van der Waals surface area contributed by atoms with Crippen LogP contribution < -0.4 is 15.4 Å². The largest absolute Gasteiger partial charge is 0.484 e. The Bertz CT molecular complexity index is 997. The average Bonchev–Trinajstić information content (AvgIpc) is 3.28. The first-order chi connectivity index (χ1) is 13.2. The van der Waals surface area contributed by atoms with E-state index in [1.807, 2.05) is 48.5 Å². The molecule has 27 heavy (non-hydrogen) atoms. The Kier molecular flexibility index (Phi) is 4.33. The van der Waals surface area contributed by atoms with E-state index in [9.17, 15) is 9.59 Å². The van der Waals surface area contributed by atoms with Gasteiger partial charge in [-0.25, -0.2) is 0 Å². The minimum Gasteiger partial charge on any atom is -0.484 e. The lowest BCUT2D eigenvalue weighted by Gasteiger charge is -2.15. The molecule has 7 heteroatoms. The van der Waals surface area contributed by atoms with Gasteiger partial charge in [0.15, 0.2) is 6.61 Å². The summed E-state index contributed by atoms with van der Waals surface area (Å²) in [7, 11) is 1.56. The van der Waals surface area contributed by atoms with Crippen LogP contribution in [0.25, 0.3) is 11.3 Å². The molecule has 0 spiro atoms. The van der Waals surface area contributed by atoms with Crippen molar-refractivity contribution in [2.45, 2.75) is 6.04 Å². The second kappa shape index (κ2) is 6.95. The Morgan fingerprint density at radius 2 is 2.00 bits per heavy atom. The zero-order valence-corrected chi connectivity index (χ0v) is 14.7. The zero-order chi connectivity index (χ0) is 18.8. The standard InChI is InChI=1S/C20H18N4O3/c1-21-15(25)11-27-14-9-5-8-13(10-14)17-16-18(12-6-3-2-4-7-12)23-24-19(16)20(26)22-17/h2-10,17H,11H2,1H3,(H,21,25)(H,22,26)(H,23,24). The van der Waals surface area contributed by atoms with Crippen molar-refractivity contribution in [2.75, 3.05) is 13.7 Å². The Morgan fingerprint density at radius 3 is 2.78 bits per heavy atom. The number of benzene rings is 2. The van der Waals surface area contributed by atoms with E-state index < -0.39 is 0 Å². The van der Waals surface area contributed by atoms with Crippen LogP contribution in [-0.2, 0) is 4.79 Å². The van der Waals surface area contributed by atoms with Crippen LogP contribution >= 0.6 is 0 Å². The smallest absolute Gasteiger partial charge is 0.270 e. The fourth-order valence-corrected chi connectivity index (χ4v) is 3.15. The third-order valence-corrected chi connectivity index (χ3v) is 4.48. The molecule has 1 aliphatic heterocycles. The first-order valence-electron chi connectivity index (χ1n) is 8.55. The van der Waals surface area contributed by atoms with Gasteiger partial charge in [-0.1, -0.05) is 42.5 Å². The van der Waals surface area contributed by atoms with Crippen LogP contribution in [0.4, 0.5) is 0 Å². The number of nitrogens with one attached hydrogen (secondary N) is 3. The van der Waals surface area contributed by atoms with Gasteiger partial charge in [-0.2, -0.15) is 5.10 Å². The van der Waals surface area contributed by atoms with Gasteiger partial charge in [0.05, 0.1) is 11.7 Å². The Balaban J connectivity index is 1.69. The predicted octanol–water partition coefficient (Wildman–Crippen LogP) is 2.03. The predicted molar refractivity (Wildman–Crippen MR) is 99.3 cm³/mol. The molecule has 2 heterocycles. The number of aromatic nitrogens is 2. The van der Waals surface area contributed by atoms with Crippen molar-refractivity contribution in [1.29, 1.82) is 0 Å². The number of hydrogen-bond acceptors (Lipinski definition) is 4. The summed E-state index contributed by atoms with van der Waals surface area (Å²) in [5.74, 6) is 0.156. The molecule has 0 radical (unpaired) electrons. The topological polar surface area (TPSA) is 96.1 Å². The van der Waals surface area contributed by atoms with Crippen LogP contribution in [0.5, 0.6) is 5.75 Å². The van der Waals surface area contributed by atoms with E-state index in [2.05, 4.69) is 20.8 Å². The highest BCUT2D eigenvalue weighted by Gasteiger charge is 2.35. The van der Waals surface area contributed by atoms with Gasteiger partial charge in [0.1, 0.15) is 11.4 Å². The molecular formula is C20H18N4O3. The van der Waals surface area contributed by atoms with E-state index in [0.717, 1.165) is 22.4 Å². The Labute approximate surface area is 155 Å². The molecule has 0 fully saturated rings. The van der Waals surface area contributed by atoms with Crippen molar-refractivity contribution < 1.29 is 14.3 Å². The molecule has 136 valence electrons. The third kappa shape index (κ3) is 3.15. The SMILES string of the molecule is CNC(=O)COc1cccc(C2NC(=O)c3[nH]nc(-c4ccccc4)c32)c1. The molecule has 1 atom stereocenters. The molecule has 1 aromatic heterocycles. The zero-order valence-electron chi connectivity index (χ0n) is 14.7. The van der Waals surface area contributed by atoms with Gasteiger partial charge in [0, 0.05) is 18.2 Å². The monoisotopic (exact) mass is 362 g/mol. The van der Waals surface area contributed by atoms with Gasteiger partial charge in [-0.3, -0.25) is 14.7 Å². The Hall–Kier alpha value is -3.61. The maximum atomic E-state index is 12.4. The summed E-state index contributed by atoms with van der Waals surface area (Å²) in [5.41, 5.74) is 3.81. The van der Waals surface area contributed by atoms with Crippen molar-refractivity contribution in [2.24, 2.45) is 0 Å². The summed E-state index contributed by atoms with van der Waals surface area (Å²) in [5, 5.41) is 12.7. The van der Waals surface area contributed by atoms with Gasteiger partial charge in [-0.05, 0) is 17.7 Å². The molecule has 1 unspecified atom stereocenters. The van der Waals surface area contributed by atoms with Gasteiger partial charge in [0.25, 0.3) is 11.8 Å². The number of aromatic amines is 1. The van der Waals surface area contributed by atoms with Crippen LogP contribution in [-0.4, -0.2) is 35.7 Å². The van der Waals surface area contributed by atoms with Gasteiger partial charge in [0.2, 0.25) is 0 Å². The summed E-state index contributed by atoms with van der Waals surface area (Å²) >= 11 is 0. The highest BCUT2D eigenvalue weighted by atomic mass is 16.5. The molecule has 3 N–H and O–H groups in total. The molecule has 3 aromatic rings. The number of amides is 2. The summed E-state index contributed by atoms with van der Waals surface area (Å²) in [6.07, 6.45) is 0. The van der Waals surface area contributed by atoms with E-state index >= 15 is 0 Å². The summed E-state index contributed by atoms with van der Waals surface area (Å²) in [6, 6.07) is 16.7. The molecule has 7 nitrogen and oxygen atoms in total. The first kappa shape index (κ1) is 16.8. The third-order valence-electron chi connectivity index (χ3n) is 4.48. The van der Waals surface area contributed by atoms with Crippen molar-refractivity contribution in [1.82, 2.24) is 20.8 Å². The number of rotatable bonds is 5. The normalized spacial score (nSPS) is 15.1. The minimum atomic E-state index is -0.343. The second-order valence-corrected chi connectivity index (χ2v) is 6.17. The van der Waals surface area contributed by atoms with Crippen LogP contribution in [0.3, 0.4) is 0 Å². The number of carbonyl (C=O) groups excluding carboxylic acids is 2. The van der Waals surface area contributed by atoms with E-state index in [-0.39, 0.29) is 24.5 Å². The summed E-state index contributed by atoms with van der Waals surface area (Å²) in [6.45, 7) is -0.0663. The average molecular weight is 362 g/mol. The quantitative estimate of drug-likeness (QED) is 0.647. The summed E-state index contributed by atoms with van der Waals surface area (Å²) in [4.78, 5) is 23.8. The van der Waals surface area contributed by atoms with Crippen molar-refractivity contribution >= 4 is 11.8 Å². The molecule has 0 saturated carbocycles. The number of fused-ring (bicyclic) bond motifs is 1. The van der Waals surface area contributed by atoms with Crippen molar-refractivity contribution in [3.63, 3.8) is 0 Å². The molecule has 1 aliphatic rings. The van der Waals surface area contributed by atoms with Gasteiger partial charge < -0.3 is 15.4 Å². The van der Waals surface area contributed by atoms with Crippen LogP contribution in [0.2, 0.25) is 0 Å². The first-order valence-corrected chi connectivity index (χ1v) is 8.55. The number of hydrogen-bond donors (Lipinski definition) is 3. The molecule has 0 saturated heterocycles. The summed E-state index contributed by atoms with van der Waals surface area (Å²) < 4.78 is 5.52. The maximum Gasteiger partial charge on any atom is 0.270 e. The number of nitrogens with zero attached hydrogens (tertiary/aromatic N) is 1. The van der Waals surface area contributed by atoms with Crippen LogP contribution in [0, 0.1) is 0 Å². The number of likely N-dealkylation sites (N-methyl/N-ethyl adjacent to an activating group) is 1. The molecule has 0 aliphatic carbocycles. The maximum absolute atomic E-state index is 12.4. The molecule has 4 rings (SSSR count). The molecular weight excluding hydrogens is 344 g/mol. The minimum absolute atomic E-state index is 0.0663. The van der Waals surface area contributed by atoms with E-state index in [1.54, 1.807) is 13.1 Å². The highest BCUT2D eigenvalue weighted by molar-refractivity contribution is 6.00. The van der Waals surface area contributed by atoms with Crippen LogP contribution in [0.1, 0.15) is 27.7 Å². The van der Waals surface area contributed by atoms with Crippen molar-refractivity contribution in [3.05, 3.63) is 71.4 Å². The lowest BCUT2D eigenvalue weighted by Crippen LogP contribution is -2.25. The fraction of sp³-hybridized carbons (Fsp3) is 0.150. The second-order valence-electron chi connectivity index (χ2n) is 6.17. The Morgan fingerprint density at radius 1 is 1.19 bits per heavy atom. The van der Waals surface area contributed by atoms with E-state index in [1.165, 1.54) is 0 Å². The van der Waals surface area contributed by atoms with E-state index in [4.69, 9.17) is 4.74 Å². The van der Waals surface area contributed by atoms with Gasteiger partial charge in [-0.15, -0.1) is 0 Å². The molecule has 0 bridgehead atoms. The molecule has 2 aromatic carbocycles. The van der Waals surface area contributed by atoms with Crippen LogP contribution in [0.15, 0.2) is 54.6 Å². The lowest BCUT2D eigenvalue weighted by molar-refractivity contribution is -0.122. The lowest BCUT2D eigenvalue weighted by atomic mass is 9.96. The van der Waals surface area contributed by atoms with E-state index in [0.29, 0.717) is 11.4 Å². The van der Waals surface area contributed by atoms with Gasteiger partial charge >= 0.3 is 0 Å².